The fourth-order valence-corrected chi connectivity index (χ4v) is 1.96. The van der Waals surface area contributed by atoms with Crippen molar-refractivity contribution in [3.8, 4) is 5.75 Å². The average molecular weight is 316 g/mol. The highest BCUT2D eigenvalue weighted by atomic mass is 16.5. The summed E-state index contributed by atoms with van der Waals surface area (Å²) in [7, 11) is 0. The molecule has 0 bridgehead atoms. The van der Waals surface area contributed by atoms with Crippen molar-refractivity contribution < 1.29 is 14.3 Å². The van der Waals surface area contributed by atoms with Gasteiger partial charge in [-0.25, -0.2) is 0 Å². The van der Waals surface area contributed by atoms with Crippen molar-refractivity contribution in [1.29, 1.82) is 0 Å². The minimum atomic E-state index is -0.638. The molecule has 0 fully saturated rings. The summed E-state index contributed by atoms with van der Waals surface area (Å²) in [4.78, 5) is 44.9. The van der Waals surface area contributed by atoms with Crippen molar-refractivity contribution in [2.45, 2.75) is 13.3 Å². The van der Waals surface area contributed by atoms with Gasteiger partial charge in [0.25, 0.3) is 16.8 Å². The molecule has 2 aromatic rings. The SMILES string of the molecule is CCOc1c(Nc2ccc(C(=O)NCCC=O)cc2)c(=O)c1=O. The number of hydrogen-bond donors (Lipinski definition) is 2. The summed E-state index contributed by atoms with van der Waals surface area (Å²) < 4.78 is 5.12. The molecule has 7 heteroatoms. The van der Waals surface area contributed by atoms with E-state index in [-0.39, 0.29) is 30.3 Å². The molecule has 7 nitrogen and oxygen atoms in total. The van der Waals surface area contributed by atoms with Crippen LogP contribution in [0.2, 0.25) is 0 Å². The second-order valence-electron chi connectivity index (χ2n) is 4.71. The van der Waals surface area contributed by atoms with Gasteiger partial charge >= 0.3 is 0 Å². The summed E-state index contributed by atoms with van der Waals surface area (Å²) in [5.74, 6) is -0.254. The normalized spacial score (nSPS) is 10.3. The predicted molar refractivity (Wildman–Crippen MR) is 85.3 cm³/mol. The van der Waals surface area contributed by atoms with Gasteiger partial charge in [0.1, 0.15) is 12.0 Å². The second kappa shape index (κ2) is 7.35. The van der Waals surface area contributed by atoms with Crippen LogP contribution in [0.15, 0.2) is 33.9 Å². The Kier molecular flexibility index (Phi) is 5.24. The molecule has 0 heterocycles. The Labute approximate surface area is 132 Å². The van der Waals surface area contributed by atoms with E-state index >= 15 is 0 Å². The van der Waals surface area contributed by atoms with E-state index in [0.717, 1.165) is 6.29 Å². The number of anilines is 2. The predicted octanol–water partition coefficient (Wildman–Crippen LogP) is 0.744. The van der Waals surface area contributed by atoms with Crippen molar-refractivity contribution >= 4 is 23.6 Å². The van der Waals surface area contributed by atoms with Crippen LogP contribution in [0.4, 0.5) is 11.4 Å². The van der Waals surface area contributed by atoms with Gasteiger partial charge in [0.05, 0.1) is 6.61 Å². The van der Waals surface area contributed by atoms with Gasteiger partial charge in [-0.05, 0) is 31.2 Å². The largest absolute Gasteiger partial charge is 0.488 e. The van der Waals surface area contributed by atoms with Crippen LogP contribution in [0.1, 0.15) is 23.7 Å². The van der Waals surface area contributed by atoms with Gasteiger partial charge in [0, 0.05) is 24.2 Å². The van der Waals surface area contributed by atoms with Gasteiger partial charge in [-0.3, -0.25) is 14.4 Å². The summed E-state index contributed by atoms with van der Waals surface area (Å²) in [6.45, 7) is 2.29. The Morgan fingerprint density at radius 1 is 1.17 bits per heavy atom. The van der Waals surface area contributed by atoms with Crippen molar-refractivity contribution in [3.05, 3.63) is 50.3 Å². The Balaban J connectivity index is 2.05. The molecule has 0 aliphatic rings. The first-order valence-corrected chi connectivity index (χ1v) is 7.13. The minimum Gasteiger partial charge on any atom is -0.488 e. The first kappa shape index (κ1) is 16.4. The Bertz CT molecular complexity index is 773. The Morgan fingerprint density at radius 3 is 2.48 bits per heavy atom. The lowest BCUT2D eigenvalue weighted by molar-refractivity contribution is -0.107. The third kappa shape index (κ3) is 3.63. The summed E-state index contributed by atoms with van der Waals surface area (Å²) in [5, 5.41) is 5.42. The van der Waals surface area contributed by atoms with Crippen LogP contribution >= 0.6 is 0 Å². The number of nitrogens with one attached hydrogen (secondary N) is 2. The monoisotopic (exact) mass is 316 g/mol. The highest BCUT2D eigenvalue weighted by Crippen LogP contribution is 2.22. The maximum absolute atomic E-state index is 11.8. The standard InChI is InChI=1S/C16H16N2O5/c1-2-23-15-12(13(20)14(15)21)18-11-6-4-10(5-7-11)16(22)17-8-3-9-19/h4-7,9,18H,2-3,8H2,1H3,(H,17,22). The molecule has 0 spiro atoms. The number of rotatable bonds is 8. The molecule has 1 amide bonds. The minimum absolute atomic E-state index is 0.0354. The molecular formula is C16H16N2O5. The lowest BCUT2D eigenvalue weighted by Crippen LogP contribution is -2.35. The van der Waals surface area contributed by atoms with E-state index < -0.39 is 10.9 Å². The molecule has 0 saturated heterocycles. The third-order valence-corrected chi connectivity index (χ3v) is 3.12. The molecule has 0 aliphatic heterocycles. The smallest absolute Gasteiger partial charge is 0.272 e. The number of ether oxygens (including phenoxy) is 1. The number of amides is 1. The zero-order valence-corrected chi connectivity index (χ0v) is 12.5. The molecular weight excluding hydrogens is 300 g/mol. The van der Waals surface area contributed by atoms with E-state index in [1.165, 1.54) is 0 Å². The molecule has 2 N–H and O–H groups in total. The Hall–Kier alpha value is -2.96. The van der Waals surface area contributed by atoms with Crippen LogP contribution in [0.5, 0.6) is 5.75 Å². The van der Waals surface area contributed by atoms with E-state index in [1.54, 1.807) is 31.2 Å². The van der Waals surface area contributed by atoms with Gasteiger partial charge in [0.2, 0.25) is 0 Å². The van der Waals surface area contributed by atoms with E-state index in [9.17, 15) is 19.2 Å². The van der Waals surface area contributed by atoms with Crippen LogP contribution < -0.4 is 26.2 Å². The molecule has 0 aliphatic carbocycles. The number of carbonyl (C=O) groups excluding carboxylic acids is 2. The van der Waals surface area contributed by atoms with Gasteiger partial charge in [-0.1, -0.05) is 0 Å². The quantitative estimate of drug-likeness (QED) is 0.423. The maximum Gasteiger partial charge on any atom is 0.272 e. The molecule has 0 aromatic heterocycles. The van der Waals surface area contributed by atoms with Crippen molar-refractivity contribution in [2.24, 2.45) is 0 Å². The lowest BCUT2D eigenvalue weighted by Gasteiger charge is -2.13. The molecule has 23 heavy (non-hydrogen) atoms. The fraction of sp³-hybridized carbons (Fsp3) is 0.250. The number of aldehydes is 1. The van der Waals surface area contributed by atoms with Crippen molar-refractivity contribution in [2.75, 3.05) is 18.5 Å². The summed E-state index contributed by atoms with van der Waals surface area (Å²) in [5.41, 5.74) is -0.149. The topological polar surface area (TPSA) is 102 Å². The van der Waals surface area contributed by atoms with Crippen LogP contribution in [-0.4, -0.2) is 25.3 Å². The number of hydrogen-bond acceptors (Lipinski definition) is 6. The highest BCUT2D eigenvalue weighted by molar-refractivity contribution is 5.94. The molecule has 0 unspecified atom stereocenters. The number of carbonyl (C=O) groups is 2. The van der Waals surface area contributed by atoms with Crippen LogP contribution in [-0.2, 0) is 4.79 Å². The number of benzene rings is 1. The molecule has 0 radical (unpaired) electrons. The van der Waals surface area contributed by atoms with Gasteiger partial charge in [0.15, 0.2) is 5.75 Å². The first-order chi connectivity index (χ1) is 11.1. The van der Waals surface area contributed by atoms with E-state index in [2.05, 4.69) is 10.6 Å². The molecule has 2 rings (SSSR count). The molecule has 2 aromatic carbocycles. The molecule has 120 valence electrons. The zero-order valence-electron chi connectivity index (χ0n) is 12.5. The van der Waals surface area contributed by atoms with Crippen LogP contribution in [0, 0.1) is 0 Å². The zero-order chi connectivity index (χ0) is 16.8. The van der Waals surface area contributed by atoms with Gasteiger partial charge in [-0.2, -0.15) is 0 Å². The van der Waals surface area contributed by atoms with Crippen LogP contribution in [0.25, 0.3) is 0 Å². The van der Waals surface area contributed by atoms with Crippen molar-refractivity contribution in [1.82, 2.24) is 5.32 Å². The van der Waals surface area contributed by atoms with E-state index in [0.29, 0.717) is 17.9 Å². The van der Waals surface area contributed by atoms with Gasteiger partial charge < -0.3 is 20.2 Å². The van der Waals surface area contributed by atoms with Crippen LogP contribution in [0.3, 0.4) is 0 Å². The van der Waals surface area contributed by atoms with E-state index in [1.807, 2.05) is 0 Å². The second-order valence-corrected chi connectivity index (χ2v) is 4.71. The molecule has 0 saturated carbocycles. The average Bonchev–Trinajstić information content (AvgIpc) is 2.58. The summed E-state index contributed by atoms with van der Waals surface area (Å²) in [6, 6.07) is 6.37. The Morgan fingerprint density at radius 2 is 1.87 bits per heavy atom. The molecule has 0 atom stereocenters. The van der Waals surface area contributed by atoms with Gasteiger partial charge in [-0.15, -0.1) is 0 Å². The third-order valence-electron chi connectivity index (χ3n) is 3.12. The van der Waals surface area contributed by atoms with Crippen molar-refractivity contribution in [3.63, 3.8) is 0 Å². The van der Waals surface area contributed by atoms with E-state index in [4.69, 9.17) is 4.74 Å². The maximum atomic E-state index is 11.8. The lowest BCUT2D eigenvalue weighted by atomic mass is 10.1. The first-order valence-electron chi connectivity index (χ1n) is 7.13. The summed E-state index contributed by atoms with van der Waals surface area (Å²) >= 11 is 0. The fourth-order valence-electron chi connectivity index (χ4n) is 1.96. The summed E-state index contributed by atoms with van der Waals surface area (Å²) in [6.07, 6.45) is 0.990. The highest BCUT2D eigenvalue weighted by Gasteiger charge is 2.22.